The van der Waals surface area contributed by atoms with Gasteiger partial charge in [-0.25, -0.2) is 10.2 Å². The number of benzene rings is 3. The molecule has 3 aromatic rings. The highest BCUT2D eigenvalue weighted by molar-refractivity contribution is 6.39. The minimum Gasteiger partial charge on any atom is -0.423 e. The lowest BCUT2D eigenvalue weighted by Crippen LogP contribution is -2.33. The number of nitro benzene ring substituents is 1. The van der Waals surface area contributed by atoms with Crippen LogP contribution in [-0.2, 0) is 15.8 Å². The van der Waals surface area contributed by atoms with Gasteiger partial charge in [-0.1, -0.05) is 18.2 Å². The standard InChI is InChI=1S/C24H17F3N4O6/c1-14(29-30-22(33)21(32)28-17-6-4-5-16(13-17)24(25,26)27)15-9-11-18(12-10-15)37-23(34)19-7-2-3-8-20(19)31(35)36/h2-13H,1H3,(H,28,32)(H,30,33). The number of nitro groups is 1. The number of alkyl halides is 3. The monoisotopic (exact) mass is 514 g/mol. The Bertz CT molecular complexity index is 1390. The molecule has 2 N–H and O–H groups in total. The number of nitrogens with one attached hydrogen (secondary N) is 2. The van der Waals surface area contributed by atoms with Gasteiger partial charge >= 0.3 is 24.0 Å². The average Bonchev–Trinajstić information content (AvgIpc) is 2.87. The Labute approximate surface area is 206 Å². The van der Waals surface area contributed by atoms with Gasteiger partial charge in [-0.05, 0) is 61.0 Å². The van der Waals surface area contributed by atoms with Crippen molar-refractivity contribution in [2.24, 2.45) is 5.10 Å². The number of para-hydroxylation sites is 1. The molecule has 0 spiro atoms. The molecular formula is C24H17F3N4O6. The molecule has 0 aliphatic rings. The quantitative estimate of drug-likeness (QED) is 0.125. The third-order valence-electron chi connectivity index (χ3n) is 4.78. The largest absolute Gasteiger partial charge is 0.423 e. The van der Waals surface area contributed by atoms with Gasteiger partial charge in [-0.2, -0.15) is 18.3 Å². The Morgan fingerprint density at radius 2 is 1.62 bits per heavy atom. The van der Waals surface area contributed by atoms with Crippen molar-refractivity contribution in [1.29, 1.82) is 0 Å². The summed E-state index contributed by atoms with van der Waals surface area (Å²) >= 11 is 0. The highest BCUT2D eigenvalue weighted by atomic mass is 19.4. The van der Waals surface area contributed by atoms with Crippen molar-refractivity contribution in [1.82, 2.24) is 5.43 Å². The Kier molecular flexibility index (Phi) is 7.97. The van der Waals surface area contributed by atoms with Crippen LogP contribution in [0.4, 0.5) is 24.5 Å². The molecule has 2 amide bonds. The fourth-order valence-electron chi connectivity index (χ4n) is 2.94. The van der Waals surface area contributed by atoms with E-state index in [-0.39, 0.29) is 22.7 Å². The minimum absolute atomic E-state index is 0.0872. The maximum Gasteiger partial charge on any atom is 0.416 e. The molecule has 37 heavy (non-hydrogen) atoms. The smallest absolute Gasteiger partial charge is 0.416 e. The second-order valence-corrected chi connectivity index (χ2v) is 7.36. The molecule has 0 saturated heterocycles. The summed E-state index contributed by atoms with van der Waals surface area (Å²) < 4.78 is 43.5. The summed E-state index contributed by atoms with van der Waals surface area (Å²) in [5.74, 6) is -3.28. The lowest BCUT2D eigenvalue weighted by atomic mass is 10.1. The van der Waals surface area contributed by atoms with Crippen LogP contribution < -0.4 is 15.5 Å². The van der Waals surface area contributed by atoms with E-state index < -0.39 is 40.1 Å². The molecular weight excluding hydrogens is 497 g/mol. The third kappa shape index (κ3) is 6.97. The fraction of sp³-hybridized carbons (Fsp3) is 0.0833. The van der Waals surface area contributed by atoms with Gasteiger partial charge in [-0.15, -0.1) is 0 Å². The maximum atomic E-state index is 12.8. The fourth-order valence-corrected chi connectivity index (χ4v) is 2.94. The first-order chi connectivity index (χ1) is 17.5. The summed E-state index contributed by atoms with van der Waals surface area (Å²) in [6, 6.07) is 14.8. The zero-order chi connectivity index (χ0) is 27.2. The number of hydrogen-bond donors (Lipinski definition) is 2. The van der Waals surface area contributed by atoms with Crippen molar-refractivity contribution >= 4 is 34.9 Å². The van der Waals surface area contributed by atoms with E-state index in [9.17, 15) is 37.7 Å². The normalized spacial score (nSPS) is 11.4. The number of esters is 1. The lowest BCUT2D eigenvalue weighted by molar-refractivity contribution is -0.385. The van der Waals surface area contributed by atoms with E-state index in [2.05, 4.69) is 10.4 Å². The van der Waals surface area contributed by atoms with E-state index in [1.165, 1.54) is 61.5 Å². The van der Waals surface area contributed by atoms with Crippen molar-refractivity contribution in [2.45, 2.75) is 13.1 Å². The number of nitrogens with zero attached hydrogens (tertiary/aromatic N) is 2. The first-order valence-corrected chi connectivity index (χ1v) is 10.3. The predicted octanol–water partition coefficient (Wildman–Crippen LogP) is 4.31. The van der Waals surface area contributed by atoms with Crippen molar-refractivity contribution in [3.8, 4) is 5.75 Å². The van der Waals surface area contributed by atoms with Crippen LogP contribution in [-0.4, -0.2) is 28.4 Å². The molecule has 0 bridgehead atoms. The number of anilines is 1. The van der Waals surface area contributed by atoms with Crippen molar-refractivity contribution in [3.63, 3.8) is 0 Å². The minimum atomic E-state index is -4.61. The second-order valence-electron chi connectivity index (χ2n) is 7.36. The first kappa shape index (κ1) is 26.5. The van der Waals surface area contributed by atoms with Crippen molar-refractivity contribution in [3.05, 3.63) is 99.6 Å². The Morgan fingerprint density at radius 3 is 2.27 bits per heavy atom. The molecule has 0 saturated carbocycles. The van der Waals surface area contributed by atoms with Gasteiger partial charge < -0.3 is 10.1 Å². The van der Waals surface area contributed by atoms with E-state index in [0.29, 0.717) is 11.6 Å². The van der Waals surface area contributed by atoms with E-state index in [0.717, 1.165) is 12.1 Å². The summed E-state index contributed by atoms with van der Waals surface area (Å²) in [5, 5.41) is 16.9. The predicted molar refractivity (Wildman–Crippen MR) is 125 cm³/mol. The van der Waals surface area contributed by atoms with Crippen molar-refractivity contribution in [2.75, 3.05) is 5.32 Å². The van der Waals surface area contributed by atoms with Crippen LogP contribution in [0.1, 0.15) is 28.4 Å². The van der Waals surface area contributed by atoms with Gasteiger partial charge in [0.05, 0.1) is 16.2 Å². The van der Waals surface area contributed by atoms with Crippen LogP contribution >= 0.6 is 0 Å². The van der Waals surface area contributed by atoms with Gasteiger partial charge in [0.25, 0.3) is 5.69 Å². The number of ether oxygens (including phenoxy) is 1. The molecule has 0 aliphatic carbocycles. The van der Waals surface area contributed by atoms with Crippen LogP contribution in [0.2, 0.25) is 0 Å². The number of amides is 2. The molecule has 0 atom stereocenters. The van der Waals surface area contributed by atoms with Crippen LogP contribution in [0, 0.1) is 10.1 Å². The molecule has 3 rings (SSSR count). The van der Waals surface area contributed by atoms with Crippen LogP contribution in [0.5, 0.6) is 5.75 Å². The van der Waals surface area contributed by atoms with Gasteiger partial charge in [0.2, 0.25) is 0 Å². The second kappa shape index (κ2) is 11.1. The van der Waals surface area contributed by atoms with Crippen molar-refractivity contribution < 1.29 is 37.2 Å². The topological polar surface area (TPSA) is 140 Å². The van der Waals surface area contributed by atoms with E-state index in [4.69, 9.17) is 4.74 Å². The zero-order valence-corrected chi connectivity index (χ0v) is 18.9. The number of rotatable bonds is 6. The molecule has 0 fully saturated rings. The Hall–Kier alpha value is -5.07. The maximum absolute atomic E-state index is 12.8. The molecule has 0 unspecified atom stereocenters. The highest BCUT2D eigenvalue weighted by Gasteiger charge is 2.30. The molecule has 0 aromatic heterocycles. The van der Waals surface area contributed by atoms with Gasteiger partial charge in [0.15, 0.2) is 0 Å². The summed E-state index contributed by atoms with van der Waals surface area (Å²) in [5.41, 5.74) is 0.870. The number of carbonyl (C=O) groups is 3. The Morgan fingerprint density at radius 1 is 0.946 bits per heavy atom. The SMILES string of the molecule is CC(=NNC(=O)C(=O)Nc1cccc(C(F)(F)F)c1)c1ccc(OC(=O)c2ccccc2[N+](=O)[O-])cc1. The number of halogens is 3. The first-order valence-electron chi connectivity index (χ1n) is 10.3. The lowest BCUT2D eigenvalue weighted by Gasteiger charge is -2.09. The summed E-state index contributed by atoms with van der Waals surface area (Å²) in [6.07, 6.45) is -4.61. The Balaban J connectivity index is 1.60. The van der Waals surface area contributed by atoms with E-state index in [1.807, 2.05) is 5.43 Å². The molecule has 0 heterocycles. The van der Waals surface area contributed by atoms with Gasteiger partial charge in [-0.3, -0.25) is 19.7 Å². The van der Waals surface area contributed by atoms with Crippen LogP contribution in [0.3, 0.4) is 0 Å². The van der Waals surface area contributed by atoms with E-state index in [1.54, 1.807) is 0 Å². The average molecular weight is 514 g/mol. The van der Waals surface area contributed by atoms with Crippen LogP contribution in [0.15, 0.2) is 77.9 Å². The number of hydrogen-bond acceptors (Lipinski definition) is 7. The molecule has 0 radical (unpaired) electrons. The molecule has 3 aromatic carbocycles. The molecule has 190 valence electrons. The van der Waals surface area contributed by atoms with Crippen LogP contribution in [0.25, 0.3) is 0 Å². The summed E-state index contributed by atoms with van der Waals surface area (Å²) in [7, 11) is 0. The molecule has 0 aliphatic heterocycles. The summed E-state index contributed by atoms with van der Waals surface area (Å²) in [6.45, 7) is 1.50. The third-order valence-corrected chi connectivity index (χ3v) is 4.78. The van der Waals surface area contributed by atoms with E-state index >= 15 is 0 Å². The molecule has 13 heteroatoms. The van der Waals surface area contributed by atoms with Gasteiger partial charge in [0, 0.05) is 11.8 Å². The highest BCUT2D eigenvalue weighted by Crippen LogP contribution is 2.30. The zero-order valence-electron chi connectivity index (χ0n) is 18.9. The molecule has 10 nitrogen and oxygen atoms in total. The number of hydrazone groups is 1. The number of carbonyl (C=O) groups excluding carboxylic acids is 3. The van der Waals surface area contributed by atoms with Gasteiger partial charge in [0.1, 0.15) is 11.3 Å². The summed E-state index contributed by atoms with van der Waals surface area (Å²) in [4.78, 5) is 46.7.